The Bertz CT molecular complexity index is 1630. The van der Waals surface area contributed by atoms with Crippen LogP contribution in [0.2, 0.25) is 0 Å². The number of ether oxygens (including phenoxy) is 3. The second kappa shape index (κ2) is 12.9. The molecule has 0 saturated carbocycles. The minimum atomic E-state index is -4.25. The Morgan fingerprint density at radius 1 is 0.878 bits per heavy atom. The van der Waals surface area contributed by atoms with E-state index in [0.29, 0.717) is 35.1 Å². The van der Waals surface area contributed by atoms with Crippen molar-refractivity contribution in [3.8, 4) is 17.2 Å². The third kappa shape index (κ3) is 7.35. The van der Waals surface area contributed by atoms with Gasteiger partial charge in [-0.3, -0.25) is 9.88 Å². The normalized spacial score (nSPS) is 14.3. The monoisotopic (exact) mass is 586 g/mol. The van der Waals surface area contributed by atoms with E-state index in [2.05, 4.69) is 9.88 Å². The molecular formula is C30H29F3N2O5S. The van der Waals surface area contributed by atoms with E-state index in [9.17, 15) is 21.6 Å². The van der Waals surface area contributed by atoms with Crippen molar-refractivity contribution in [2.24, 2.45) is 0 Å². The predicted molar refractivity (Wildman–Crippen MR) is 147 cm³/mol. The van der Waals surface area contributed by atoms with Crippen LogP contribution in [0.25, 0.3) is 10.9 Å². The van der Waals surface area contributed by atoms with Gasteiger partial charge in [0.2, 0.25) is 0 Å². The maximum atomic E-state index is 14.9. The van der Waals surface area contributed by atoms with Gasteiger partial charge in [0.15, 0.2) is 21.4 Å². The molecule has 1 fully saturated rings. The molecular weight excluding hydrogens is 557 g/mol. The van der Waals surface area contributed by atoms with Crippen LogP contribution in [-0.4, -0.2) is 57.8 Å². The van der Waals surface area contributed by atoms with E-state index in [4.69, 9.17) is 14.2 Å². The maximum Gasteiger partial charge on any atom is 0.185 e. The standard InChI is InChI=1S/C30H29F3N2O5S/c31-22-4-7-25(32)30(18-22)41(36,37)20-21-3-8-29(26(33)17-21)40-28-9-10-34-27-19-23(5-6-24(27)28)39-14-2-1-11-35-12-15-38-16-13-35/h3-10,17-19H,1-2,11-16,20H2. The van der Waals surface area contributed by atoms with Crippen molar-refractivity contribution in [3.63, 3.8) is 0 Å². The molecule has 0 aliphatic carbocycles. The Morgan fingerprint density at radius 3 is 2.51 bits per heavy atom. The SMILES string of the molecule is O=S(=O)(Cc1ccc(Oc2ccnc3cc(OCCCCN4CCOCC4)ccc23)c(F)c1)c1cc(F)ccc1F. The van der Waals surface area contributed by atoms with E-state index in [1.165, 1.54) is 18.3 Å². The van der Waals surface area contributed by atoms with E-state index in [1.807, 2.05) is 0 Å². The molecule has 4 aromatic rings. The van der Waals surface area contributed by atoms with Crippen molar-refractivity contribution >= 4 is 20.7 Å². The minimum Gasteiger partial charge on any atom is -0.494 e. The molecule has 0 atom stereocenters. The molecule has 1 aromatic heterocycles. The molecule has 0 unspecified atom stereocenters. The minimum absolute atomic E-state index is 0.0600. The number of hydrogen-bond acceptors (Lipinski definition) is 7. The average molecular weight is 587 g/mol. The van der Waals surface area contributed by atoms with Crippen molar-refractivity contribution in [2.45, 2.75) is 23.5 Å². The summed E-state index contributed by atoms with van der Waals surface area (Å²) in [6.45, 7) is 5.10. The largest absolute Gasteiger partial charge is 0.494 e. The summed E-state index contributed by atoms with van der Waals surface area (Å²) in [7, 11) is -4.25. The number of rotatable bonds is 11. The van der Waals surface area contributed by atoms with Gasteiger partial charge in [-0.2, -0.15) is 0 Å². The van der Waals surface area contributed by atoms with Gasteiger partial charge in [0, 0.05) is 30.7 Å². The van der Waals surface area contributed by atoms with Crippen LogP contribution in [0.5, 0.6) is 17.2 Å². The molecule has 216 valence electrons. The highest BCUT2D eigenvalue weighted by Gasteiger charge is 2.22. The van der Waals surface area contributed by atoms with Gasteiger partial charge in [0.25, 0.3) is 0 Å². The Labute approximate surface area is 236 Å². The zero-order chi connectivity index (χ0) is 28.8. The molecule has 1 aliphatic heterocycles. The lowest BCUT2D eigenvalue weighted by atomic mass is 10.2. The number of aromatic nitrogens is 1. The van der Waals surface area contributed by atoms with Gasteiger partial charge in [-0.15, -0.1) is 0 Å². The van der Waals surface area contributed by atoms with E-state index in [1.54, 1.807) is 24.3 Å². The topological polar surface area (TPSA) is 78.0 Å². The van der Waals surface area contributed by atoms with E-state index in [0.717, 1.165) is 63.9 Å². The summed E-state index contributed by atoms with van der Waals surface area (Å²) in [5.74, 6) is -2.58. The average Bonchev–Trinajstić information content (AvgIpc) is 2.96. The van der Waals surface area contributed by atoms with Gasteiger partial charge >= 0.3 is 0 Å². The van der Waals surface area contributed by atoms with Crippen LogP contribution in [0, 0.1) is 17.5 Å². The Hall–Kier alpha value is -3.67. The molecule has 5 rings (SSSR count). The lowest BCUT2D eigenvalue weighted by Gasteiger charge is -2.26. The first-order valence-corrected chi connectivity index (χ1v) is 14.9. The van der Waals surface area contributed by atoms with Gasteiger partial charge < -0.3 is 14.2 Å². The molecule has 1 aliphatic rings. The quantitative estimate of drug-likeness (QED) is 0.202. The Kier molecular flexibility index (Phi) is 9.06. The highest BCUT2D eigenvalue weighted by Crippen LogP contribution is 2.33. The molecule has 3 aromatic carbocycles. The number of benzene rings is 3. The summed E-state index contributed by atoms with van der Waals surface area (Å²) in [6, 6.07) is 12.8. The van der Waals surface area contributed by atoms with Crippen LogP contribution in [0.3, 0.4) is 0 Å². The molecule has 2 heterocycles. The number of fused-ring (bicyclic) bond motifs is 1. The van der Waals surface area contributed by atoms with Crippen LogP contribution in [-0.2, 0) is 20.3 Å². The fourth-order valence-electron chi connectivity index (χ4n) is 4.58. The summed E-state index contributed by atoms with van der Waals surface area (Å²) in [4.78, 5) is 5.98. The molecule has 0 radical (unpaired) electrons. The van der Waals surface area contributed by atoms with Crippen molar-refractivity contribution in [1.29, 1.82) is 0 Å². The second-order valence-electron chi connectivity index (χ2n) is 9.70. The number of unbranched alkanes of at least 4 members (excludes halogenated alkanes) is 1. The van der Waals surface area contributed by atoms with Crippen LogP contribution < -0.4 is 9.47 Å². The highest BCUT2D eigenvalue weighted by molar-refractivity contribution is 7.90. The summed E-state index contributed by atoms with van der Waals surface area (Å²) < 4.78 is 84.8. The summed E-state index contributed by atoms with van der Waals surface area (Å²) in [5, 5.41) is 0.639. The zero-order valence-electron chi connectivity index (χ0n) is 22.2. The second-order valence-corrected chi connectivity index (χ2v) is 11.7. The molecule has 11 heteroatoms. The lowest BCUT2D eigenvalue weighted by molar-refractivity contribution is 0.0368. The van der Waals surface area contributed by atoms with Crippen LogP contribution >= 0.6 is 0 Å². The highest BCUT2D eigenvalue weighted by atomic mass is 32.2. The maximum absolute atomic E-state index is 14.9. The first kappa shape index (κ1) is 28.8. The fraction of sp³-hybridized carbons (Fsp3) is 0.300. The van der Waals surface area contributed by atoms with Gasteiger partial charge in [0.1, 0.15) is 28.0 Å². The van der Waals surface area contributed by atoms with Crippen LogP contribution in [0.15, 0.2) is 71.8 Å². The third-order valence-electron chi connectivity index (χ3n) is 6.72. The first-order valence-electron chi connectivity index (χ1n) is 13.2. The van der Waals surface area contributed by atoms with Crippen LogP contribution in [0.4, 0.5) is 13.2 Å². The molecule has 41 heavy (non-hydrogen) atoms. The first-order chi connectivity index (χ1) is 19.8. The zero-order valence-corrected chi connectivity index (χ0v) is 23.0. The van der Waals surface area contributed by atoms with Crippen LogP contribution in [0.1, 0.15) is 18.4 Å². The Balaban J connectivity index is 1.22. The smallest absolute Gasteiger partial charge is 0.185 e. The molecule has 7 nitrogen and oxygen atoms in total. The Morgan fingerprint density at radius 2 is 1.71 bits per heavy atom. The summed E-state index contributed by atoms with van der Waals surface area (Å²) >= 11 is 0. The molecule has 0 N–H and O–H groups in total. The lowest BCUT2D eigenvalue weighted by Crippen LogP contribution is -2.36. The molecule has 1 saturated heterocycles. The molecule has 0 bridgehead atoms. The number of pyridine rings is 1. The van der Waals surface area contributed by atoms with Gasteiger partial charge in [0.05, 0.1) is 31.1 Å². The fourth-order valence-corrected chi connectivity index (χ4v) is 6.01. The summed E-state index contributed by atoms with van der Waals surface area (Å²) in [6.07, 6.45) is 3.48. The van der Waals surface area contributed by atoms with E-state index >= 15 is 0 Å². The van der Waals surface area contributed by atoms with Crippen molar-refractivity contribution in [2.75, 3.05) is 39.5 Å². The summed E-state index contributed by atoms with van der Waals surface area (Å²) in [5.41, 5.74) is 0.665. The number of halogens is 3. The number of hydrogen-bond donors (Lipinski definition) is 0. The third-order valence-corrected chi connectivity index (χ3v) is 8.41. The molecule has 0 amide bonds. The van der Waals surface area contributed by atoms with Crippen molar-refractivity contribution in [3.05, 3.63) is 89.9 Å². The van der Waals surface area contributed by atoms with E-state index in [-0.39, 0.29) is 11.3 Å². The molecule has 0 spiro atoms. The van der Waals surface area contributed by atoms with Gasteiger partial charge in [-0.1, -0.05) is 6.07 Å². The number of sulfone groups is 1. The van der Waals surface area contributed by atoms with Crippen molar-refractivity contribution in [1.82, 2.24) is 9.88 Å². The number of nitrogens with zero attached hydrogens (tertiary/aromatic N) is 2. The predicted octanol–water partition coefficient (Wildman–Crippen LogP) is 5.91. The van der Waals surface area contributed by atoms with Crippen molar-refractivity contribution < 1.29 is 35.8 Å². The number of morpholine rings is 1. The van der Waals surface area contributed by atoms with Gasteiger partial charge in [-0.05, 0) is 73.5 Å². The van der Waals surface area contributed by atoms with E-state index < -0.39 is 37.9 Å². The van der Waals surface area contributed by atoms with Gasteiger partial charge in [-0.25, -0.2) is 21.6 Å².